The Balaban J connectivity index is 1.95. The number of aryl methyl sites for hydroxylation is 2. The number of amides is 1. The van der Waals surface area contributed by atoms with E-state index < -0.39 is 5.91 Å². The van der Waals surface area contributed by atoms with Crippen molar-refractivity contribution in [3.05, 3.63) is 58.9 Å². The van der Waals surface area contributed by atoms with Gasteiger partial charge in [-0.15, -0.1) is 0 Å². The third-order valence-corrected chi connectivity index (χ3v) is 3.95. The summed E-state index contributed by atoms with van der Waals surface area (Å²) in [7, 11) is 1.52. The highest BCUT2D eigenvalue weighted by Gasteiger charge is 2.14. The van der Waals surface area contributed by atoms with E-state index in [-0.39, 0.29) is 17.5 Å². The molecule has 0 atom stereocenters. The van der Waals surface area contributed by atoms with Gasteiger partial charge in [-0.05, 0) is 43.2 Å². The van der Waals surface area contributed by atoms with Crippen LogP contribution in [0.15, 0.2) is 36.5 Å². The van der Waals surface area contributed by atoms with Gasteiger partial charge in [0.15, 0.2) is 0 Å². The summed E-state index contributed by atoms with van der Waals surface area (Å²) in [6, 6.07) is 10.3. The van der Waals surface area contributed by atoms with Crippen LogP contribution < -0.4 is 20.5 Å². The first-order valence-corrected chi connectivity index (χ1v) is 8.54. The number of rotatable bonds is 6. The largest absolute Gasteiger partial charge is 0.481 e. The Labute approximate surface area is 167 Å². The Hall–Kier alpha value is -4.19. The first-order chi connectivity index (χ1) is 13.9. The van der Waals surface area contributed by atoms with E-state index in [2.05, 4.69) is 26.3 Å². The van der Waals surface area contributed by atoms with Crippen LogP contribution in [-0.4, -0.2) is 28.0 Å². The number of hydrogen-bond donors (Lipinski definition) is 2. The van der Waals surface area contributed by atoms with E-state index in [1.807, 2.05) is 13.8 Å². The molecule has 3 aromatic rings. The lowest BCUT2D eigenvalue weighted by Crippen LogP contribution is -2.15. The summed E-state index contributed by atoms with van der Waals surface area (Å²) in [5.41, 5.74) is 8.02. The highest BCUT2D eigenvalue weighted by molar-refractivity contribution is 5.91. The number of nitrogens with zero attached hydrogens (tertiary/aromatic N) is 4. The van der Waals surface area contributed by atoms with Gasteiger partial charge in [0.25, 0.3) is 5.91 Å². The van der Waals surface area contributed by atoms with Gasteiger partial charge in [0.2, 0.25) is 17.7 Å². The molecule has 9 nitrogen and oxygen atoms in total. The molecule has 0 saturated carbocycles. The zero-order chi connectivity index (χ0) is 21.0. The molecule has 0 unspecified atom stereocenters. The van der Waals surface area contributed by atoms with Gasteiger partial charge < -0.3 is 20.5 Å². The summed E-state index contributed by atoms with van der Waals surface area (Å²) in [6.45, 7) is 3.64. The van der Waals surface area contributed by atoms with Gasteiger partial charge in [-0.3, -0.25) is 4.79 Å². The van der Waals surface area contributed by atoms with E-state index in [4.69, 9.17) is 20.5 Å². The second kappa shape index (κ2) is 8.22. The molecule has 0 spiro atoms. The predicted molar refractivity (Wildman–Crippen MR) is 105 cm³/mol. The van der Waals surface area contributed by atoms with Crippen LogP contribution in [0.25, 0.3) is 0 Å². The number of anilines is 2. The number of primary amides is 1. The number of nitriles is 1. The molecule has 3 N–H and O–H groups in total. The topological polar surface area (TPSA) is 136 Å². The molecule has 0 radical (unpaired) electrons. The minimum absolute atomic E-state index is 0.0112. The van der Waals surface area contributed by atoms with Crippen molar-refractivity contribution in [2.45, 2.75) is 13.8 Å². The number of nitrogens with two attached hydrogens (primary N) is 1. The normalized spacial score (nSPS) is 10.1. The highest BCUT2D eigenvalue weighted by Crippen LogP contribution is 2.30. The maximum atomic E-state index is 11.7. The lowest BCUT2D eigenvalue weighted by Gasteiger charge is -2.13. The second-order valence-electron chi connectivity index (χ2n) is 6.15. The van der Waals surface area contributed by atoms with Gasteiger partial charge >= 0.3 is 0 Å². The van der Waals surface area contributed by atoms with Crippen molar-refractivity contribution in [1.29, 1.82) is 5.26 Å². The van der Waals surface area contributed by atoms with Crippen molar-refractivity contribution in [3.8, 4) is 23.6 Å². The summed E-state index contributed by atoms with van der Waals surface area (Å²) in [5, 5.41) is 12.0. The summed E-state index contributed by atoms with van der Waals surface area (Å²) in [6.07, 6.45) is 1.54. The van der Waals surface area contributed by atoms with Crippen LogP contribution in [0.5, 0.6) is 17.5 Å². The van der Waals surface area contributed by atoms with Gasteiger partial charge in [-0.25, -0.2) is 9.97 Å². The van der Waals surface area contributed by atoms with Crippen molar-refractivity contribution < 1.29 is 14.3 Å². The van der Waals surface area contributed by atoms with Crippen LogP contribution in [-0.2, 0) is 0 Å². The van der Waals surface area contributed by atoms with E-state index in [0.717, 1.165) is 11.1 Å². The molecule has 146 valence electrons. The van der Waals surface area contributed by atoms with Crippen molar-refractivity contribution >= 4 is 17.5 Å². The lowest BCUT2D eigenvalue weighted by atomic mass is 10.1. The van der Waals surface area contributed by atoms with Crippen LogP contribution in [0.1, 0.15) is 27.2 Å². The van der Waals surface area contributed by atoms with Crippen molar-refractivity contribution in [2.24, 2.45) is 5.73 Å². The second-order valence-corrected chi connectivity index (χ2v) is 6.15. The standard InChI is InChI=1S/C20H18N6O3/c1-11-6-13(9-21)7-12(2)18(11)29-17-8-15(19(22)27)25-20(26-17)24-14-4-5-16(28-3)23-10-14/h4-8,10H,1-3H3,(H2,22,27)(H,24,25,26). The highest BCUT2D eigenvalue weighted by atomic mass is 16.5. The molecule has 0 bridgehead atoms. The molecule has 9 heteroatoms. The number of methoxy groups -OCH3 is 1. The molecule has 3 rings (SSSR count). The number of carbonyl (C=O) groups excluding carboxylic acids is 1. The van der Waals surface area contributed by atoms with Gasteiger partial charge in [0.1, 0.15) is 11.4 Å². The molecular weight excluding hydrogens is 372 g/mol. The molecule has 1 amide bonds. The number of benzene rings is 1. The Morgan fingerprint density at radius 2 is 1.86 bits per heavy atom. The molecule has 0 saturated heterocycles. The number of pyridine rings is 1. The van der Waals surface area contributed by atoms with Crippen molar-refractivity contribution in [1.82, 2.24) is 15.0 Å². The Kier molecular flexibility index (Phi) is 5.55. The molecule has 2 aromatic heterocycles. The average Bonchev–Trinajstić information content (AvgIpc) is 2.71. The third kappa shape index (κ3) is 4.56. The summed E-state index contributed by atoms with van der Waals surface area (Å²) >= 11 is 0. The molecule has 2 heterocycles. The molecular formula is C20H18N6O3. The zero-order valence-electron chi connectivity index (χ0n) is 16.1. The first-order valence-electron chi connectivity index (χ1n) is 8.54. The molecule has 0 aliphatic rings. The van der Waals surface area contributed by atoms with Gasteiger partial charge in [0, 0.05) is 12.1 Å². The van der Waals surface area contributed by atoms with Crippen LogP contribution >= 0.6 is 0 Å². The molecule has 29 heavy (non-hydrogen) atoms. The fourth-order valence-electron chi connectivity index (χ4n) is 2.64. The SMILES string of the molecule is COc1ccc(Nc2nc(Oc3c(C)cc(C#N)cc3C)cc(C(N)=O)n2)cn1. The van der Waals surface area contributed by atoms with Crippen molar-refractivity contribution in [3.63, 3.8) is 0 Å². The lowest BCUT2D eigenvalue weighted by molar-refractivity contribution is 0.0995. The average molecular weight is 390 g/mol. The predicted octanol–water partition coefficient (Wildman–Crippen LogP) is 3.00. The van der Waals surface area contributed by atoms with E-state index in [0.29, 0.717) is 22.9 Å². The Morgan fingerprint density at radius 3 is 2.41 bits per heavy atom. The quantitative estimate of drug-likeness (QED) is 0.655. The van der Waals surface area contributed by atoms with E-state index >= 15 is 0 Å². The number of hydrogen-bond acceptors (Lipinski definition) is 8. The third-order valence-electron chi connectivity index (χ3n) is 3.95. The van der Waals surface area contributed by atoms with E-state index in [1.165, 1.54) is 19.4 Å². The fourth-order valence-corrected chi connectivity index (χ4v) is 2.64. The van der Waals surface area contributed by atoms with E-state index in [1.54, 1.807) is 24.3 Å². The smallest absolute Gasteiger partial charge is 0.267 e. The maximum absolute atomic E-state index is 11.7. The van der Waals surface area contributed by atoms with Crippen LogP contribution in [0, 0.1) is 25.2 Å². The maximum Gasteiger partial charge on any atom is 0.267 e. The first kappa shape index (κ1) is 19.6. The fraction of sp³-hybridized carbons (Fsp3) is 0.150. The Morgan fingerprint density at radius 1 is 1.14 bits per heavy atom. The zero-order valence-corrected chi connectivity index (χ0v) is 16.1. The van der Waals surface area contributed by atoms with Gasteiger partial charge in [-0.1, -0.05) is 0 Å². The number of carbonyl (C=O) groups is 1. The van der Waals surface area contributed by atoms with Gasteiger partial charge in [0.05, 0.1) is 30.6 Å². The van der Waals surface area contributed by atoms with Crippen LogP contribution in [0.2, 0.25) is 0 Å². The summed E-state index contributed by atoms with van der Waals surface area (Å²) < 4.78 is 10.9. The van der Waals surface area contributed by atoms with Crippen LogP contribution in [0.3, 0.4) is 0 Å². The van der Waals surface area contributed by atoms with Crippen LogP contribution in [0.4, 0.5) is 11.6 Å². The monoisotopic (exact) mass is 390 g/mol. The van der Waals surface area contributed by atoms with Crippen molar-refractivity contribution in [2.75, 3.05) is 12.4 Å². The molecule has 0 fully saturated rings. The molecule has 0 aliphatic heterocycles. The molecule has 0 aliphatic carbocycles. The minimum Gasteiger partial charge on any atom is -0.481 e. The molecule has 1 aromatic carbocycles. The summed E-state index contributed by atoms with van der Waals surface area (Å²) in [4.78, 5) is 24.2. The number of aromatic nitrogens is 3. The van der Waals surface area contributed by atoms with Gasteiger partial charge in [-0.2, -0.15) is 10.2 Å². The number of nitrogens with one attached hydrogen (secondary N) is 1. The minimum atomic E-state index is -0.721. The van der Waals surface area contributed by atoms with E-state index in [9.17, 15) is 4.79 Å². The number of ether oxygens (including phenoxy) is 2. The Bertz CT molecular complexity index is 1080. The summed E-state index contributed by atoms with van der Waals surface area (Å²) in [5.74, 6) is 0.524.